The second-order valence-corrected chi connectivity index (χ2v) is 8.17. The molecule has 0 fully saturated rings. The van der Waals surface area contributed by atoms with E-state index in [2.05, 4.69) is 55.2 Å². The third-order valence-electron chi connectivity index (χ3n) is 4.30. The van der Waals surface area contributed by atoms with Gasteiger partial charge in [-0.3, -0.25) is 4.68 Å². The first kappa shape index (κ1) is 19.5. The Morgan fingerprint density at radius 1 is 0.920 bits per heavy atom. The van der Waals surface area contributed by atoms with Crippen LogP contribution < -0.4 is 0 Å². The fourth-order valence-corrected chi connectivity index (χ4v) is 2.56. The van der Waals surface area contributed by atoms with E-state index in [0.717, 1.165) is 37.2 Å². The SMILES string of the molecule is CC(C)(C)c1cn(CCCCC(C)(C)c2cn(CC(F)F)nn2)nn1. The van der Waals surface area contributed by atoms with Gasteiger partial charge in [-0.15, -0.1) is 10.2 Å². The molecule has 2 heterocycles. The fraction of sp³-hybridized carbons (Fsp3) is 0.765. The highest BCUT2D eigenvalue weighted by atomic mass is 19.3. The third-order valence-corrected chi connectivity index (χ3v) is 4.30. The molecule has 0 bridgehead atoms. The third kappa shape index (κ3) is 5.57. The maximum absolute atomic E-state index is 12.4. The summed E-state index contributed by atoms with van der Waals surface area (Å²) in [5, 5.41) is 16.2. The zero-order valence-electron chi connectivity index (χ0n) is 15.7. The summed E-state index contributed by atoms with van der Waals surface area (Å²) in [5.74, 6) is 0. The minimum Gasteiger partial charge on any atom is -0.252 e. The van der Waals surface area contributed by atoms with E-state index in [9.17, 15) is 8.78 Å². The first-order valence-electron chi connectivity index (χ1n) is 8.67. The quantitative estimate of drug-likeness (QED) is 0.680. The topological polar surface area (TPSA) is 61.4 Å². The lowest BCUT2D eigenvalue weighted by Crippen LogP contribution is -2.18. The van der Waals surface area contributed by atoms with Crippen molar-refractivity contribution in [2.45, 2.75) is 84.2 Å². The standard InChI is InChI=1S/C17H28F2N6/c1-16(2,3)13-10-24(22-20-13)9-7-6-8-17(4,5)14-11-25(23-21-14)12-15(18)19/h10-11,15H,6-9,12H2,1-5H3. The second-order valence-electron chi connectivity index (χ2n) is 8.17. The van der Waals surface area contributed by atoms with Crippen LogP contribution in [-0.4, -0.2) is 36.4 Å². The Balaban J connectivity index is 1.82. The zero-order valence-corrected chi connectivity index (χ0v) is 15.7. The first-order valence-corrected chi connectivity index (χ1v) is 8.67. The summed E-state index contributed by atoms with van der Waals surface area (Å²) in [4.78, 5) is 0. The Labute approximate surface area is 147 Å². The lowest BCUT2D eigenvalue weighted by molar-refractivity contribution is 0.121. The van der Waals surface area contributed by atoms with E-state index in [1.807, 2.05) is 10.9 Å². The molecular formula is C17H28F2N6. The van der Waals surface area contributed by atoms with Gasteiger partial charge in [-0.1, -0.05) is 51.5 Å². The van der Waals surface area contributed by atoms with Crippen LogP contribution in [0.15, 0.2) is 12.4 Å². The van der Waals surface area contributed by atoms with Gasteiger partial charge in [-0.2, -0.15) is 0 Å². The minimum atomic E-state index is -2.42. The average Bonchev–Trinajstić information content (AvgIpc) is 3.11. The van der Waals surface area contributed by atoms with Gasteiger partial charge in [0.25, 0.3) is 6.43 Å². The van der Waals surface area contributed by atoms with Crippen molar-refractivity contribution in [3.05, 3.63) is 23.8 Å². The molecule has 2 aromatic heterocycles. The summed E-state index contributed by atoms with van der Waals surface area (Å²) < 4.78 is 27.9. The van der Waals surface area contributed by atoms with Crippen molar-refractivity contribution in [2.24, 2.45) is 0 Å². The van der Waals surface area contributed by atoms with Crippen molar-refractivity contribution in [3.8, 4) is 0 Å². The maximum atomic E-state index is 12.4. The van der Waals surface area contributed by atoms with Gasteiger partial charge < -0.3 is 0 Å². The van der Waals surface area contributed by atoms with Crippen LogP contribution in [0, 0.1) is 0 Å². The van der Waals surface area contributed by atoms with E-state index in [1.54, 1.807) is 6.20 Å². The van der Waals surface area contributed by atoms with E-state index >= 15 is 0 Å². The monoisotopic (exact) mass is 354 g/mol. The van der Waals surface area contributed by atoms with Gasteiger partial charge in [0, 0.05) is 29.8 Å². The van der Waals surface area contributed by atoms with Crippen molar-refractivity contribution < 1.29 is 8.78 Å². The number of halogens is 2. The molecule has 2 rings (SSSR count). The lowest BCUT2D eigenvalue weighted by atomic mass is 9.84. The molecule has 0 aliphatic heterocycles. The predicted octanol–water partition coefficient (Wildman–Crippen LogP) is 3.58. The second kappa shape index (κ2) is 7.58. The van der Waals surface area contributed by atoms with Crippen molar-refractivity contribution in [1.82, 2.24) is 30.0 Å². The molecule has 0 radical (unpaired) electrons. The van der Waals surface area contributed by atoms with Crippen LogP contribution in [0.1, 0.15) is 65.3 Å². The highest BCUT2D eigenvalue weighted by Crippen LogP contribution is 2.27. The van der Waals surface area contributed by atoms with Crippen molar-refractivity contribution in [2.75, 3.05) is 0 Å². The summed E-state index contributed by atoms with van der Waals surface area (Å²) in [5.41, 5.74) is 1.55. The largest absolute Gasteiger partial charge is 0.257 e. The van der Waals surface area contributed by atoms with E-state index < -0.39 is 13.0 Å². The molecule has 0 atom stereocenters. The van der Waals surface area contributed by atoms with E-state index in [-0.39, 0.29) is 10.8 Å². The van der Waals surface area contributed by atoms with Gasteiger partial charge in [-0.25, -0.2) is 13.5 Å². The number of hydrogen-bond acceptors (Lipinski definition) is 4. The summed E-state index contributed by atoms with van der Waals surface area (Å²) in [6.07, 6.45) is 4.07. The van der Waals surface area contributed by atoms with Crippen molar-refractivity contribution >= 4 is 0 Å². The normalized spacial score (nSPS) is 13.0. The number of rotatable bonds is 8. The molecule has 2 aromatic rings. The van der Waals surface area contributed by atoms with E-state index in [4.69, 9.17) is 0 Å². The molecule has 140 valence electrons. The van der Waals surface area contributed by atoms with Gasteiger partial charge in [-0.05, 0) is 12.8 Å². The smallest absolute Gasteiger partial charge is 0.252 e. The molecule has 0 saturated heterocycles. The van der Waals surface area contributed by atoms with Gasteiger partial charge in [0.15, 0.2) is 0 Å². The minimum absolute atomic E-state index is 0.00426. The van der Waals surface area contributed by atoms with E-state index in [1.165, 1.54) is 4.68 Å². The van der Waals surface area contributed by atoms with Gasteiger partial charge in [0.1, 0.15) is 6.54 Å². The molecular weight excluding hydrogens is 326 g/mol. The predicted molar refractivity (Wildman–Crippen MR) is 91.6 cm³/mol. The van der Waals surface area contributed by atoms with Gasteiger partial charge in [0.05, 0.1) is 11.4 Å². The van der Waals surface area contributed by atoms with Crippen LogP contribution in [0.3, 0.4) is 0 Å². The number of aromatic nitrogens is 6. The molecule has 0 unspecified atom stereocenters. The molecule has 6 nitrogen and oxygen atoms in total. The Bertz CT molecular complexity index is 669. The number of unbranched alkanes of at least 4 members (excludes halogenated alkanes) is 1. The van der Waals surface area contributed by atoms with Crippen LogP contribution in [0.4, 0.5) is 8.78 Å². The summed E-state index contributed by atoms with van der Waals surface area (Å²) in [7, 11) is 0. The molecule has 0 amide bonds. The molecule has 0 aliphatic rings. The number of nitrogens with zero attached hydrogens (tertiary/aromatic N) is 6. The van der Waals surface area contributed by atoms with Crippen LogP contribution in [-0.2, 0) is 23.9 Å². The zero-order chi connectivity index (χ0) is 18.7. The Hall–Kier alpha value is -1.86. The summed E-state index contributed by atoms with van der Waals surface area (Å²) in [6.45, 7) is 10.9. The van der Waals surface area contributed by atoms with Crippen LogP contribution in [0.25, 0.3) is 0 Å². The Morgan fingerprint density at radius 2 is 1.52 bits per heavy atom. The molecule has 8 heteroatoms. The number of hydrogen-bond donors (Lipinski definition) is 0. The van der Waals surface area contributed by atoms with Crippen molar-refractivity contribution in [3.63, 3.8) is 0 Å². The maximum Gasteiger partial charge on any atom is 0.257 e. The van der Waals surface area contributed by atoms with Crippen LogP contribution in [0.5, 0.6) is 0 Å². The Kier molecular flexibility index (Phi) is 5.90. The van der Waals surface area contributed by atoms with Crippen LogP contribution in [0.2, 0.25) is 0 Å². The number of alkyl halides is 2. The van der Waals surface area contributed by atoms with E-state index in [0.29, 0.717) is 0 Å². The first-order chi connectivity index (χ1) is 11.6. The van der Waals surface area contributed by atoms with Gasteiger partial charge >= 0.3 is 0 Å². The summed E-state index contributed by atoms with van der Waals surface area (Å²) >= 11 is 0. The van der Waals surface area contributed by atoms with Gasteiger partial charge in [0.2, 0.25) is 0 Å². The van der Waals surface area contributed by atoms with Crippen molar-refractivity contribution in [1.29, 1.82) is 0 Å². The molecule has 0 aromatic carbocycles. The highest BCUT2D eigenvalue weighted by Gasteiger charge is 2.24. The number of aryl methyl sites for hydroxylation is 1. The average molecular weight is 354 g/mol. The summed E-state index contributed by atoms with van der Waals surface area (Å²) in [6, 6.07) is 0. The highest BCUT2D eigenvalue weighted by molar-refractivity contribution is 5.08. The molecule has 0 spiro atoms. The molecule has 0 N–H and O–H groups in total. The molecule has 0 aliphatic carbocycles. The lowest BCUT2D eigenvalue weighted by Gasteiger charge is -2.21. The molecule has 0 saturated carbocycles. The molecule has 25 heavy (non-hydrogen) atoms. The fourth-order valence-electron chi connectivity index (χ4n) is 2.56. The Morgan fingerprint density at radius 3 is 2.12 bits per heavy atom. The van der Waals surface area contributed by atoms with Crippen LogP contribution >= 0.6 is 0 Å².